The molecule has 0 saturated carbocycles. The van der Waals surface area contributed by atoms with Crippen LogP contribution in [0.1, 0.15) is 18.9 Å². The standard InChI is InChI=1S/C21H21FN4O3/c1-13-9-10-15-19(26(13)21(27)28-3)17(22)11-16(18-12-25(2)24-23-18)20(15)29-14-7-5-4-6-8-14/h4-8,11-13H,9-10H2,1-3H3. The molecule has 8 heteroatoms. The maximum Gasteiger partial charge on any atom is 0.414 e. The van der Waals surface area contributed by atoms with Gasteiger partial charge in [-0.2, -0.15) is 0 Å². The van der Waals surface area contributed by atoms with Gasteiger partial charge in [-0.3, -0.25) is 9.58 Å². The van der Waals surface area contributed by atoms with E-state index in [2.05, 4.69) is 10.3 Å². The van der Waals surface area contributed by atoms with Crippen LogP contribution in [0.3, 0.4) is 0 Å². The highest BCUT2D eigenvalue weighted by atomic mass is 19.1. The fourth-order valence-corrected chi connectivity index (χ4v) is 3.62. The number of ether oxygens (including phenoxy) is 2. The molecule has 0 fully saturated rings. The Balaban J connectivity index is 1.94. The van der Waals surface area contributed by atoms with Crippen LogP contribution in [0.5, 0.6) is 11.5 Å². The number of anilines is 1. The Bertz CT molecular complexity index is 1050. The van der Waals surface area contributed by atoms with E-state index in [4.69, 9.17) is 9.47 Å². The van der Waals surface area contributed by atoms with Crippen LogP contribution in [-0.4, -0.2) is 34.2 Å². The van der Waals surface area contributed by atoms with Crippen molar-refractivity contribution in [2.75, 3.05) is 12.0 Å². The lowest BCUT2D eigenvalue weighted by atomic mass is 9.92. The van der Waals surface area contributed by atoms with Crippen molar-refractivity contribution in [1.29, 1.82) is 0 Å². The fraction of sp³-hybridized carbons (Fsp3) is 0.286. The summed E-state index contributed by atoms with van der Waals surface area (Å²) in [6, 6.07) is 10.4. The molecule has 1 atom stereocenters. The Labute approximate surface area is 167 Å². The van der Waals surface area contributed by atoms with E-state index < -0.39 is 11.9 Å². The maximum atomic E-state index is 15.3. The number of carbonyl (C=O) groups is 1. The zero-order chi connectivity index (χ0) is 20.5. The van der Waals surface area contributed by atoms with Gasteiger partial charge in [0.15, 0.2) is 0 Å². The van der Waals surface area contributed by atoms with Gasteiger partial charge in [-0.15, -0.1) is 5.10 Å². The lowest BCUT2D eigenvalue weighted by molar-refractivity contribution is 0.175. The summed E-state index contributed by atoms with van der Waals surface area (Å²) >= 11 is 0. The predicted molar refractivity (Wildman–Crippen MR) is 106 cm³/mol. The van der Waals surface area contributed by atoms with Crippen molar-refractivity contribution in [3.05, 3.63) is 54.0 Å². The highest BCUT2D eigenvalue weighted by molar-refractivity contribution is 5.92. The number of hydrogen-bond donors (Lipinski definition) is 0. The van der Waals surface area contributed by atoms with Gasteiger partial charge in [0.2, 0.25) is 0 Å². The average Bonchev–Trinajstić information content (AvgIpc) is 3.16. The van der Waals surface area contributed by atoms with Crippen molar-refractivity contribution < 1.29 is 18.7 Å². The van der Waals surface area contributed by atoms with E-state index in [1.807, 2.05) is 37.3 Å². The summed E-state index contributed by atoms with van der Waals surface area (Å²) in [4.78, 5) is 13.7. The van der Waals surface area contributed by atoms with Gasteiger partial charge >= 0.3 is 6.09 Å². The van der Waals surface area contributed by atoms with Crippen LogP contribution in [0, 0.1) is 5.82 Å². The first kappa shape index (κ1) is 18.9. The Kier molecular flexibility index (Phi) is 4.92. The topological polar surface area (TPSA) is 69.5 Å². The summed E-state index contributed by atoms with van der Waals surface area (Å²) in [5, 5.41) is 8.08. The van der Waals surface area contributed by atoms with Crippen molar-refractivity contribution in [2.45, 2.75) is 25.8 Å². The molecule has 1 unspecified atom stereocenters. The molecule has 1 amide bonds. The second-order valence-corrected chi connectivity index (χ2v) is 6.98. The molecular formula is C21H21FN4O3. The van der Waals surface area contributed by atoms with Gasteiger partial charge in [0.05, 0.1) is 19.0 Å². The van der Waals surface area contributed by atoms with Crippen molar-refractivity contribution in [3.63, 3.8) is 0 Å². The molecule has 0 N–H and O–H groups in total. The van der Waals surface area contributed by atoms with Gasteiger partial charge in [-0.1, -0.05) is 23.4 Å². The number of methoxy groups -OCH3 is 1. The molecule has 0 spiro atoms. The lowest BCUT2D eigenvalue weighted by Gasteiger charge is -2.35. The molecule has 0 radical (unpaired) electrons. The predicted octanol–water partition coefficient (Wildman–Crippen LogP) is 4.32. The number of aromatic nitrogens is 3. The van der Waals surface area contributed by atoms with Crippen LogP contribution >= 0.6 is 0 Å². The summed E-state index contributed by atoms with van der Waals surface area (Å²) in [6.45, 7) is 1.87. The van der Waals surface area contributed by atoms with Crippen LogP contribution < -0.4 is 9.64 Å². The normalized spacial score (nSPS) is 15.7. The number of para-hydroxylation sites is 1. The zero-order valence-electron chi connectivity index (χ0n) is 16.4. The average molecular weight is 396 g/mol. The number of rotatable bonds is 3. The van der Waals surface area contributed by atoms with E-state index in [-0.39, 0.29) is 11.7 Å². The van der Waals surface area contributed by atoms with Gasteiger partial charge in [0.25, 0.3) is 0 Å². The van der Waals surface area contributed by atoms with Crippen LogP contribution in [0.15, 0.2) is 42.6 Å². The molecule has 150 valence electrons. The first-order valence-corrected chi connectivity index (χ1v) is 9.31. The number of hydrogen-bond acceptors (Lipinski definition) is 5. The number of amides is 1. The van der Waals surface area contributed by atoms with Crippen molar-refractivity contribution in [3.8, 4) is 22.8 Å². The minimum Gasteiger partial charge on any atom is -0.456 e. The van der Waals surface area contributed by atoms with Crippen LogP contribution in [0.25, 0.3) is 11.3 Å². The summed E-state index contributed by atoms with van der Waals surface area (Å²) in [5.74, 6) is 0.543. The van der Waals surface area contributed by atoms with Crippen LogP contribution in [0.2, 0.25) is 0 Å². The summed E-state index contributed by atoms with van der Waals surface area (Å²) < 4.78 is 27.9. The van der Waals surface area contributed by atoms with Crippen molar-refractivity contribution in [2.24, 2.45) is 7.05 Å². The largest absolute Gasteiger partial charge is 0.456 e. The van der Waals surface area contributed by atoms with E-state index in [1.54, 1.807) is 17.9 Å². The van der Waals surface area contributed by atoms with E-state index in [9.17, 15) is 4.79 Å². The summed E-state index contributed by atoms with van der Waals surface area (Å²) in [6.07, 6.45) is 2.30. The first-order valence-electron chi connectivity index (χ1n) is 9.31. The number of aryl methyl sites for hydroxylation is 1. The van der Waals surface area contributed by atoms with Gasteiger partial charge in [-0.05, 0) is 38.0 Å². The third-order valence-corrected chi connectivity index (χ3v) is 5.01. The number of benzene rings is 2. The van der Waals surface area contributed by atoms with Gasteiger partial charge < -0.3 is 9.47 Å². The number of fused-ring (bicyclic) bond motifs is 1. The number of nitrogens with zero attached hydrogens (tertiary/aromatic N) is 4. The lowest BCUT2D eigenvalue weighted by Crippen LogP contribution is -2.42. The SMILES string of the molecule is COC(=O)N1c2c(F)cc(-c3cn(C)nn3)c(Oc3ccccc3)c2CCC1C. The monoisotopic (exact) mass is 396 g/mol. The molecule has 2 heterocycles. The van der Waals surface area contributed by atoms with Gasteiger partial charge in [0, 0.05) is 24.2 Å². The first-order chi connectivity index (χ1) is 14.0. The summed E-state index contributed by atoms with van der Waals surface area (Å²) in [7, 11) is 3.03. The molecule has 4 rings (SSSR count). The number of halogens is 1. The molecule has 1 aliphatic heterocycles. The van der Waals surface area contributed by atoms with E-state index in [0.29, 0.717) is 41.2 Å². The van der Waals surface area contributed by atoms with Crippen molar-refractivity contribution in [1.82, 2.24) is 15.0 Å². The van der Waals surface area contributed by atoms with Crippen LogP contribution in [0.4, 0.5) is 14.9 Å². The Morgan fingerprint density at radius 2 is 2.03 bits per heavy atom. The second kappa shape index (κ2) is 7.54. The highest BCUT2D eigenvalue weighted by Crippen LogP contribution is 2.46. The molecule has 0 aliphatic carbocycles. The number of carbonyl (C=O) groups excluding carboxylic acids is 1. The molecule has 1 aromatic heterocycles. The van der Waals surface area contributed by atoms with E-state index in [0.717, 1.165) is 0 Å². The van der Waals surface area contributed by atoms with Gasteiger partial charge in [0.1, 0.15) is 23.0 Å². The molecule has 0 bridgehead atoms. The molecule has 3 aromatic rings. The molecule has 7 nitrogen and oxygen atoms in total. The Hall–Kier alpha value is -3.42. The molecule has 1 aliphatic rings. The third-order valence-electron chi connectivity index (χ3n) is 5.01. The minimum atomic E-state index is -0.602. The molecule has 29 heavy (non-hydrogen) atoms. The molecule has 2 aromatic carbocycles. The minimum absolute atomic E-state index is 0.189. The van der Waals surface area contributed by atoms with E-state index in [1.165, 1.54) is 18.1 Å². The van der Waals surface area contributed by atoms with E-state index >= 15 is 4.39 Å². The van der Waals surface area contributed by atoms with Gasteiger partial charge in [-0.25, -0.2) is 9.18 Å². The van der Waals surface area contributed by atoms with Crippen molar-refractivity contribution >= 4 is 11.8 Å². The maximum absolute atomic E-state index is 15.3. The third kappa shape index (κ3) is 3.41. The second-order valence-electron chi connectivity index (χ2n) is 6.98. The quantitative estimate of drug-likeness (QED) is 0.659. The fourth-order valence-electron chi connectivity index (χ4n) is 3.62. The van der Waals surface area contributed by atoms with Crippen LogP contribution in [-0.2, 0) is 18.2 Å². The zero-order valence-corrected chi connectivity index (χ0v) is 16.4. The molecule has 0 saturated heterocycles. The smallest absolute Gasteiger partial charge is 0.414 e. The Morgan fingerprint density at radius 3 is 2.69 bits per heavy atom. The Morgan fingerprint density at radius 1 is 1.28 bits per heavy atom. The summed E-state index contributed by atoms with van der Waals surface area (Å²) in [5.41, 5.74) is 1.77. The highest BCUT2D eigenvalue weighted by Gasteiger charge is 2.35. The molecular weight excluding hydrogens is 375 g/mol.